The molecule has 2 rings (SSSR count). The van der Waals surface area contributed by atoms with Crippen LogP contribution in [0.2, 0.25) is 0 Å². The number of rotatable bonds is 10. The highest BCUT2D eigenvalue weighted by Gasteiger charge is 2.17. The van der Waals surface area contributed by atoms with Gasteiger partial charge in [0.25, 0.3) is 5.91 Å². The molecule has 2 aromatic carbocycles. The second kappa shape index (κ2) is 10.9. The molecular formula is C22H25NO5. The predicted octanol–water partition coefficient (Wildman–Crippen LogP) is 3.30. The Morgan fingerprint density at radius 1 is 1.00 bits per heavy atom. The Hall–Kier alpha value is -3.15. The summed E-state index contributed by atoms with van der Waals surface area (Å²) >= 11 is 0. The van der Waals surface area contributed by atoms with Gasteiger partial charge in [-0.25, -0.2) is 0 Å². The van der Waals surface area contributed by atoms with Crippen LogP contribution in [0, 0.1) is 0 Å². The van der Waals surface area contributed by atoms with Crippen LogP contribution in [0.3, 0.4) is 0 Å². The molecule has 6 heteroatoms. The molecule has 28 heavy (non-hydrogen) atoms. The van der Waals surface area contributed by atoms with E-state index < -0.39 is 12.1 Å². The van der Waals surface area contributed by atoms with Crippen molar-refractivity contribution in [1.29, 1.82) is 0 Å². The molecule has 6 nitrogen and oxygen atoms in total. The maximum absolute atomic E-state index is 12.0. The van der Waals surface area contributed by atoms with Crippen molar-refractivity contribution in [3.05, 3.63) is 65.7 Å². The fourth-order valence-electron chi connectivity index (χ4n) is 2.43. The molecule has 1 atom stereocenters. The summed E-state index contributed by atoms with van der Waals surface area (Å²) in [6, 6.07) is 16.3. The number of nitrogens with one attached hydrogen (secondary N) is 1. The molecule has 0 aliphatic heterocycles. The monoisotopic (exact) mass is 383 g/mol. The molecule has 0 aliphatic rings. The topological polar surface area (TPSA) is 81.7 Å². The minimum absolute atomic E-state index is 0.00350. The van der Waals surface area contributed by atoms with Crippen molar-refractivity contribution in [3.8, 4) is 5.75 Å². The minimum atomic E-state index is -0.851. The van der Waals surface area contributed by atoms with Gasteiger partial charge in [-0.3, -0.25) is 14.4 Å². The number of esters is 1. The number of ether oxygens (including phenoxy) is 2. The van der Waals surface area contributed by atoms with E-state index in [0.29, 0.717) is 30.9 Å². The van der Waals surface area contributed by atoms with E-state index >= 15 is 0 Å². The van der Waals surface area contributed by atoms with E-state index in [1.807, 2.05) is 30.3 Å². The smallest absolute Gasteiger partial charge is 0.306 e. The third-order valence-electron chi connectivity index (χ3n) is 4.04. The zero-order valence-corrected chi connectivity index (χ0v) is 16.1. The van der Waals surface area contributed by atoms with Crippen LogP contribution in [0.4, 0.5) is 0 Å². The molecule has 0 heterocycles. The van der Waals surface area contributed by atoms with Crippen LogP contribution in [0.1, 0.15) is 42.6 Å². The molecular weight excluding hydrogens is 358 g/mol. The number of hydrogen-bond acceptors (Lipinski definition) is 5. The van der Waals surface area contributed by atoms with Gasteiger partial charge in [-0.1, -0.05) is 30.3 Å². The average molecular weight is 383 g/mol. The number of amides is 1. The molecule has 0 saturated carbocycles. The number of Topliss-reactive ketones (excluding diaryl/α,β-unsaturated/α-hetero) is 1. The number of benzene rings is 2. The second-order valence-electron chi connectivity index (χ2n) is 6.37. The molecule has 0 saturated heterocycles. The number of carbonyl (C=O) groups is 3. The van der Waals surface area contributed by atoms with Crippen LogP contribution in [0.15, 0.2) is 54.6 Å². The van der Waals surface area contributed by atoms with Crippen molar-refractivity contribution in [2.45, 2.75) is 39.3 Å². The van der Waals surface area contributed by atoms with E-state index in [2.05, 4.69) is 5.32 Å². The fraction of sp³-hybridized carbons (Fsp3) is 0.318. The average Bonchev–Trinajstić information content (AvgIpc) is 2.70. The number of ketones is 1. The Kier molecular flexibility index (Phi) is 8.21. The Morgan fingerprint density at radius 2 is 1.68 bits per heavy atom. The van der Waals surface area contributed by atoms with Gasteiger partial charge in [0, 0.05) is 18.5 Å². The predicted molar refractivity (Wildman–Crippen MR) is 105 cm³/mol. The molecule has 0 spiro atoms. The van der Waals surface area contributed by atoms with Crippen molar-refractivity contribution < 1.29 is 23.9 Å². The van der Waals surface area contributed by atoms with E-state index in [-0.39, 0.29) is 18.1 Å². The van der Waals surface area contributed by atoms with Crippen molar-refractivity contribution in [3.63, 3.8) is 0 Å². The summed E-state index contributed by atoms with van der Waals surface area (Å²) in [5, 5.41) is 2.74. The zero-order valence-electron chi connectivity index (χ0n) is 16.1. The van der Waals surface area contributed by atoms with E-state index in [9.17, 15) is 14.4 Å². The molecule has 0 bridgehead atoms. The van der Waals surface area contributed by atoms with Crippen molar-refractivity contribution in [2.75, 3.05) is 6.61 Å². The van der Waals surface area contributed by atoms with Crippen molar-refractivity contribution >= 4 is 17.7 Å². The van der Waals surface area contributed by atoms with Gasteiger partial charge < -0.3 is 14.8 Å². The Bertz CT molecular complexity index is 786. The van der Waals surface area contributed by atoms with Gasteiger partial charge in [0.15, 0.2) is 11.9 Å². The highest BCUT2D eigenvalue weighted by atomic mass is 16.5. The van der Waals surface area contributed by atoms with Gasteiger partial charge in [-0.2, -0.15) is 0 Å². The molecule has 1 N–H and O–H groups in total. The maximum atomic E-state index is 12.0. The molecule has 0 unspecified atom stereocenters. The number of hydrogen-bond donors (Lipinski definition) is 1. The standard InChI is InChI=1S/C22H25NO5/c1-16(24)19-10-12-20(13-11-19)27-14-6-9-21(25)28-17(2)22(26)23-15-18-7-4-3-5-8-18/h3-5,7-8,10-13,17H,6,9,14-15H2,1-2H3,(H,23,26)/t17-/m1/s1. The normalized spacial score (nSPS) is 11.4. The van der Waals surface area contributed by atoms with Crippen molar-refractivity contribution in [2.24, 2.45) is 0 Å². The van der Waals surface area contributed by atoms with Gasteiger partial charge in [-0.15, -0.1) is 0 Å². The first-order valence-electron chi connectivity index (χ1n) is 9.20. The molecule has 0 radical (unpaired) electrons. The summed E-state index contributed by atoms with van der Waals surface area (Å²) in [4.78, 5) is 35.1. The molecule has 0 aromatic heterocycles. The lowest BCUT2D eigenvalue weighted by Crippen LogP contribution is -2.35. The number of carbonyl (C=O) groups excluding carboxylic acids is 3. The van der Waals surface area contributed by atoms with Crippen LogP contribution >= 0.6 is 0 Å². The summed E-state index contributed by atoms with van der Waals surface area (Å²) < 4.78 is 10.7. The van der Waals surface area contributed by atoms with Crippen LogP contribution < -0.4 is 10.1 Å². The summed E-state index contributed by atoms with van der Waals surface area (Å²) in [6.45, 7) is 3.77. The first kappa shape index (κ1) is 21.2. The summed E-state index contributed by atoms with van der Waals surface area (Å²) in [7, 11) is 0. The third-order valence-corrected chi connectivity index (χ3v) is 4.04. The quantitative estimate of drug-likeness (QED) is 0.387. The van der Waals surface area contributed by atoms with Gasteiger partial charge in [-0.05, 0) is 50.1 Å². The molecule has 2 aromatic rings. The summed E-state index contributed by atoms with van der Waals surface area (Å²) in [5.74, 6) is -0.153. The van der Waals surface area contributed by atoms with E-state index in [1.54, 1.807) is 31.2 Å². The van der Waals surface area contributed by atoms with Gasteiger partial charge >= 0.3 is 5.97 Å². The van der Waals surface area contributed by atoms with E-state index in [4.69, 9.17) is 9.47 Å². The molecule has 0 aliphatic carbocycles. The van der Waals surface area contributed by atoms with Gasteiger partial charge in [0.2, 0.25) is 0 Å². The van der Waals surface area contributed by atoms with Crippen LogP contribution in [-0.2, 0) is 20.9 Å². The Balaban J connectivity index is 1.63. The first-order chi connectivity index (χ1) is 13.5. The summed E-state index contributed by atoms with van der Waals surface area (Å²) in [5.41, 5.74) is 1.60. The largest absolute Gasteiger partial charge is 0.494 e. The molecule has 0 fully saturated rings. The second-order valence-corrected chi connectivity index (χ2v) is 6.37. The third kappa shape index (κ3) is 7.23. The highest BCUT2D eigenvalue weighted by Crippen LogP contribution is 2.13. The Morgan fingerprint density at radius 3 is 2.32 bits per heavy atom. The van der Waals surface area contributed by atoms with Crippen LogP contribution in [0.5, 0.6) is 5.75 Å². The Labute approximate surface area is 164 Å². The lowest BCUT2D eigenvalue weighted by Gasteiger charge is -2.13. The summed E-state index contributed by atoms with van der Waals surface area (Å²) in [6.07, 6.45) is -0.232. The maximum Gasteiger partial charge on any atom is 0.306 e. The minimum Gasteiger partial charge on any atom is -0.494 e. The van der Waals surface area contributed by atoms with E-state index in [1.165, 1.54) is 6.92 Å². The van der Waals surface area contributed by atoms with Crippen LogP contribution in [-0.4, -0.2) is 30.4 Å². The highest BCUT2D eigenvalue weighted by molar-refractivity contribution is 5.94. The molecule has 1 amide bonds. The van der Waals surface area contributed by atoms with E-state index in [0.717, 1.165) is 5.56 Å². The van der Waals surface area contributed by atoms with Gasteiger partial charge in [0.1, 0.15) is 5.75 Å². The lowest BCUT2D eigenvalue weighted by atomic mass is 10.1. The van der Waals surface area contributed by atoms with Gasteiger partial charge in [0.05, 0.1) is 6.61 Å². The first-order valence-corrected chi connectivity index (χ1v) is 9.20. The van der Waals surface area contributed by atoms with Crippen LogP contribution in [0.25, 0.3) is 0 Å². The van der Waals surface area contributed by atoms with Crippen molar-refractivity contribution in [1.82, 2.24) is 5.32 Å². The molecule has 148 valence electrons. The fourth-order valence-corrected chi connectivity index (χ4v) is 2.43. The lowest BCUT2D eigenvalue weighted by molar-refractivity contribution is -0.155. The SMILES string of the molecule is CC(=O)c1ccc(OCCCC(=O)O[C@H](C)C(=O)NCc2ccccc2)cc1. The zero-order chi connectivity index (χ0) is 20.4.